The van der Waals surface area contributed by atoms with Crippen molar-refractivity contribution in [2.24, 2.45) is 11.5 Å². The summed E-state index contributed by atoms with van der Waals surface area (Å²) in [4.78, 5) is 51.8. The van der Waals surface area contributed by atoms with Crippen LogP contribution in [0.1, 0.15) is 18.1 Å². The third-order valence-corrected chi connectivity index (χ3v) is 5.06. The summed E-state index contributed by atoms with van der Waals surface area (Å²) in [5, 5.41) is 19.9. The predicted octanol–water partition coefficient (Wildman–Crippen LogP) is 1.77. The van der Waals surface area contributed by atoms with Gasteiger partial charge in [0.15, 0.2) is 0 Å². The SMILES string of the molecule is C[C@H](NC(=O)CN)C(=O)O.Cc1cc(=O)oc2cc(N)ccc12.Cc1cc(=O)oc2cc(N)ccc12.Cl.Cl.NCC(=O)O. The van der Waals surface area contributed by atoms with Gasteiger partial charge in [-0.2, -0.15) is 0 Å². The minimum Gasteiger partial charge on any atom is -0.480 e. The summed E-state index contributed by atoms with van der Waals surface area (Å²) in [6.45, 7) is 4.65. The molecule has 2 aromatic carbocycles. The number of carbonyl (C=O) groups is 3. The molecule has 14 nitrogen and oxygen atoms in total. The van der Waals surface area contributed by atoms with Crippen molar-refractivity contribution in [2.45, 2.75) is 26.8 Å². The minimum atomic E-state index is -1.07. The lowest BCUT2D eigenvalue weighted by Crippen LogP contribution is -2.41. The summed E-state index contributed by atoms with van der Waals surface area (Å²) in [7, 11) is 0. The van der Waals surface area contributed by atoms with Gasteiger partial charge in [-0.3, -0.25) is 14.4 Å². The molecule has 0 saturated heterocycles. The summed E-state index contributed by atoms with van der Waals surface area (Å²) in [6, 6.07) is 12.7. The molecule has 2 aromatic heterocycles. The van der Waals surface area contributed by atoms with Crippen LogP contribution in [0.25, 0.3) is 21.9 Å². The minimum absolute atomic E-state index is 0. The zero-order valence-electron chi connectivity index (χ0n) is 23.5. The summed E-state index contributed by atoms with van der Waals surface area (Å²) in [5.74, 6) is -2.50. The molecule has 16 heteroatoms. The second kappa shape index (κ2) is 19.5. The first kappa shape index (κ1) is 40.5. The highest BCUT2D eigenvalue weighted by Gasteiger charge is 2.11. The fourth-order valence-corrected chi connectivity index (χ4v) is 3.05. The normalized spacial score (nSPS) is 10.1. The Morgan fingerprint density at radius 1 is 0.767 bits per heavy atom. The summed E-state index contributed by atoms with van der Waals surface area (Å²) >= 11 is 0. The van der Waals surface area contributed by atoms with Crippen LogP contribution < -0.4 is 39.5 Å². The van der Waals surface area contributed by atoms with Crippen LogP contribution in [-0.4, -0.2) is 47.2 Å². The molecular weight excluding hydrogens is 609 g/mol. The maximum Gasteiger partial charge on any atom is 0.336 e. The summed E-state index contributed by atoms with van der Waals surface area (Å²) < 4.78 is 9.98. The number of benzene rings is 2. The number of anilines is 2. The van der Waals surface area contributed by atoms with E-state index in [2.05, 4.69) is 11.1 Å². The van der Waals surface area contributed by atoms with E-state index in [1.165, 1.54) is 19.1 Å². The second-order valence-corrected chi connectivity index (χ2v) is 8.44. The van der Waals surface area contributed by atoms with Crippen LogP contribution in [0.5, 0.6) is 0 Å². The third kappa shape index (κ3) is 14.2. The van der Waals surface area contributed by atoms with E-state index in [0.717, 1.165) is 21.9 Å². The van der Waals surface area contributed by atoms with Crippen molar-refractivity contribution >= 4 is 76.0 Å². The Morgan fingerprint density at radius 2 is 1.14 bits per heavy atom. The molecule has 0 aliphatic carbocycles. The lowest BCUT2D eigenvalue weighted by Gasteiger charge is -2.06. The number of amides is 1. The van der Waals surface area contributed by atoms with E-state index in [1.807, 2.05) is 26.0 Å². The van der Waals surface area contributed by atoms with Crippen LogP contribution in [0.2, 0.25) is 0 Å². The van der Waals surface area contributed by atoms with E-state index >= 15 is 0 Å². The lowest BCUT2D eigenvalue weighted by atomic mass is 10.1. The number of aryl methyl sites for hydroxylation is 2. The van der Waals surface area contributed by atoms with Crippen LogP contribution in [0.15, 0.2) is 67.0 Å². The Labute approximate surface area is 257 Å². The molecule has 1 atom stereocenters. The monoisotopic (exact) mass is 643 g/mol. The van der Waals surface area contributed by atoms with E-state index in [4.69, 9.17) is 36.2 Å². The first-order valence-electron chi connectivity index (χ1n) is 11.9. The molecule has 4 rings (SSSR count). The first-order valence-corrected chi connectivity index (χ1v) is 11.9. The average Bonchev–Trinajstić information content (AvgIpc) is 2.88. The third-order valence-electron chi connectivity index (χ3n) is 5.06. The van der Waals surface area contributed by atoms with E-state index in [1.54, 1.807) is 24.3 Å². The van der Waals surface area contributed by atoms with Gasteiger partial charge in [-0.15, -0.1) is 24.8 Å². The number of nitrogens with one attached hydrogen (secondary N) is 1. The maximum absolute atomic E-state index is 11.0. The van der Waals surface area contributed by atoms with Gasteiger partial charge < -0.3 is 47.3 Å². The second-order valence-electron chi connectivity index (χ2n) is 8.44. The average molecular weight is 645 g/mol. The van der Waals surface area contributed by atoms with Crippen LogP contribution in [0, 0.1) is 13.8 Å². The van der Waals surface area contributed by atoms with E-state index in [0.29, 0.717) is 22.5 Å². The Hall–Kier alpha value is -4.63. The molecule has 1 amide bonds. The van der Waals surface area contributed by atoms with Gasteiger partial charge in [0, 0.05) is 46.4 Å². The molecule has 0 radical (unpaired) electrons. The molecule has 2 heterocycles. The fourth-order valence-electron chi connectivity index (χ4n) is 3.05. The molecule has 4 aromatic rings. The molecule has 43 heavy (non-hydrogen) atoms. The number of carboxylic acids is 2. The van der Waals surface area contributed by atoms with Gasteiger partial charge in [-0.25, -0.2) is 9.59 Å². The molecule has 0 bridgehead atoms. The molecule has 11 N–H and O–H groups in total. The van der Waals surface area contributed by atoms with Crippen molar-refractivity contribution < 1.29 is 33.4 Å². The fraction of sp³-hybridized carbons (Fsp3) is 0.222. The van der Waals surface area contributed by atoms with Gasteiger partial charge in [-0.1, -0.05) is 0 Å². The smallest absolute Gasteiger partial charge is 0.336 e. The Kier molecular flexibility index (Phi) is 18.4. The number of halogens is 2. The number of fused-ring (bicyclic) bond motifs is 2. The molecule has 0 aliphatic rings. The molecule has 0 unspecified atom stereocenters. The highest BCUT2D eigenvalue weighted by atomic mass is 35.5. The Balaban J connectivity index is 0. The van der Waals surface area contributed by atoms with Crippen LogP contribution in [0.4, 0.5) is 11.4 Å². The maximum atomic E-state index is 11.0. The van der Waals surface area contributed by atoms with Gasteiger partial charge in [0.05, 0.1) is 13.1 Å². The van der Waals surface area contributed by atoms with Crippen molar-refractivity contribution in [3.05, 3.63) is 80.5 Å². The van der Waals surface area contributed by atoms with E-state index in [9.17, 15) is 24.0 Å². The highest BCUT2D eigenvalue weighted by Crippen LogP contribution is 2.19. The van der Waals surface area contributed by atoms with Gasteiger partial charge in [0.25, 0.3) is 0 Å². The van der Waals surface area contributed by atoms with Crippen molar-refractivity contribution in [1.29, 1.82) is 0 Å². The Morgan fingerprint density at radius 3 is 1.44 bits per heavy atom. The van der Waals surface area contributed by atoms with Gasteiger partial charge in [0.2, 0.25) is 5.91 Å². The van der Waals surface area contributed by atoms with Gasteiger partial charge in [0.1, 0.15) is 17.2 Å². The van der Waals surface area contributed by atoms with Crippen molar-refractivity contribution in [1.82, 2.24) is 5.32 Å². The summed E-state index contributed by atoms with van der Waals surface area (Å²) in [6.07, 6.45) is 0. The van der Waals surface area contributed by atoms with Crippen molar-refractivity contribution in [2.75, 3.05) is 24.6 Å². The molecular formula is C27H35Cl2N5O9. The van der Waals surface area contributed by atoms with Crippen molar-refractivity contribution in [3.8, 4) is 0 Å². The number of hydrogen-bond donors (Lipinski definition) is 7. The lowest BCUT2D eigenvalue weighted by molar-refractivity contribution is -0.141. The molecule has 236 valence electrons. The molecule has 0 spiro atoms. The van der Waals surface area contributed by atoms with E-state index < -0.39 is 23.9 Å². The first-order chi connectivity index (χ1) is 19.2. The highest BCUT2D eigenvalue weighted by molar-refractivity contribution is 5.86. The number of rotatable bonds is 4. The summed E-state index contributed by atoms with van der Waals surface area (Å²) in [5.41, 5.74) is 24.0. The van der Waals surface area contributed by atoms with Gasteiger partial charge in [-0.05, 0) is 56.2 Å². The zero-order chi connectivity index (χ0) is 31.3. The molecule has 0 aliphatic heterocycles. The van der Waals surface area contributed by atoms with E-state index in [-0.39, 0.29) is 49.2 Å². The largest absolute Gasteiger partial charge is 0.480 e. The molecule has 0 fully saturated rings. The number of hydrogen-bond acceptors (Lipinski definition) is 11. The number of aliphatic carboxylic acids is 2. The Bertz CT molecular complexity index is 1540. The molecule has 0 saturated carbocycles. The van der Waals surface area contributed by atoms with Crippen molar-refractivity contribution in [3.63, 3.8) is 0 Å². The topological polar surface area (TPSA) is 268 Å². The zero-order valence-corrected chi connectivity index (χ0v) is 25.1. The number of carboxylic acid groups (broad SMARTS) is 2. The van der Waals surface area contributed by atoms with Crippen LogP contribution in [-0.2, 0) is 14.4 Å². The number of carbonyl (C=O) groups excluding carboxylic acids is 1. The van der Waals surface area contributed by atoms with Gasteiger partial charge >= 0.3 is 23.2 Å². The predicted molar refractivity (Wildman–Crippen MR) is 169 cm³/mol. The standard InChI is InChI=1S/2C10H9NO2.C5H10N2O3.C2H5NO2.2ClH/c2*1-6-4-10(12)13-9-5-7(11)2-3-8(6)9;1-3(5(9)10)7-4(8)2-6;3-1-2(4)5;;/h2*2-5H,11H2,1H3;3H,2,6H2,1H3,(H,7,8)(H,9,10);1,3H2,(H,4,5);2*1H/t;;3-;;;/m..0.../s1. The quantitative estimate of drug-likeness (QED) is 0.123. The van der Waals surface area contributed by atoms with Crippen LogP contribution >= 0.6 is 24.8 Å². The number of nitrogens with two attached hydrogens (primary N) is 4. The van der Waals surface area contributed by atoms with Crippen LogP contribution in [0.3, 0.4) is 0 Å². The number of nitrogen functional groups attached to an aromatic ring is 2.